The highest BCUT2D eigenvalue weighted by Gasteiger charge is 2.09. The molecule has 0 fully saturated rings. The topological polar surface area (TPSA) is 48.1 Å². The van der Waals surface area contributed by atoms with Crippen LogP contribution in [0.15, 0.2) is 33.6 Å². The quantitative estimate of drug-likeness (QED) is 0.940. The Balaban J connectivity index is 2.14. The summed E-state index contributed by atoms with van der Waals surface area (Å²) in [5, 5.41) is 1.98. The van der Waals surface area contributed by atoms with Crippen molar-refractivity contribution in [2.45, 2.75) is 19.6 Å². The van der Waals surface area contributed by atoms with Gasteiger partial charge in [0.25, 0.3) is 0 Å². The van der Waals surface area contributed by atoms with Crippen LogP contribution in [0.3, 0.4) is 0 Å². The van der Waals surface area contributed by atoms with Crippen LogP contribution in [-0.4, -0.2) is 4.98 Å². The van der Waals surface area contributed by atoms with Crippen molar-refractivity contribution in [1.29, 1.82) is 0 Å². The normalized spacial score (nSPS) is 12.4. The fraction of sp³-hybridized carbons (Fsp3) is 0.250. The molecular formula is C12H13BrN2OS. The third-order valence-electron chi connectivity index (χ3n) is 2.32. The Bertz CT molecular complexity index is 485. The average molecular weight is 313 g/mol. The van der Waals surface area contributed by atoms with E-state index in [0.717, 1.165) is 21.5 Å². The highest BCUT2D eigenvalue weighted by Crippen LogP contribution is 2.28. The van der Waals surface area contributed by atoms with Gasteiger partial charge in [0.05, 0.1) is 11.2 Å². The molecule has 0 spiro atoms. The number of nitrogens with two attached hydrogens (primary N) is 1. The summed E-state index contributed by atoms with van der Waals surface area (Å²) >= 11 is 5.00. The Morgan fingerprint density at radius 2 is 2.35 bits per heavy atom. The Labute approximate surface area is 113 Å². The van der Waals surface area contributed by atoms with E-state index < -0.39 is 0 Å². The second-order valence-electron chi connectivity index (χ2n) is 3.74. The first kappa shape index (κ1) is 12.5. The average Bonchev–Trinajstić information content (AvgIpc) is 2.80. The van der Waals surface area contributed by atoms with E-state index in [9.17, 15) is 0 Å². The van der Waals surface area contributed by atoms with E-state index >= 15 is 0 Å². The van der Waals surface area contributed by atoms with Crippen LogP contribution in [0.4, 0.5) is 0 Å². The number of rotatable bonds is 4. The summed E-state index contributed by atoms with van der Waals surface area (Å²) in [6.07, 6.45) is 0. The first-order valence-electron chi connectivity index (χ1n) is 5.21. The van der Waals surface area contributed by atoms with Gasteiger partial charge >= 0.3 is 0 Å². The van der Waals surface area contributed by atoms with Crippen molar-refractivity contribution in [3.05, 3.63) is 44.8 Å². The molecule has 1 aromatic carbocycles. The number of hydrogen-bond acceptors (Lipinski definition) is 4. The van der Waals surface area contributed by atoms with E-state index in [4.69, 9.17) is 10.5 Å². The molecule has 0 amide bonds. The summed E-state index contributed by atoms with van der Waals surface area (Å²) in [5.41, 5.74) is 9.65. The van der Waals surface area contributed by atoms with Crippen LogP contribution in [0.1, 0.15) is 24.2 Å². The van der Waals surface area contributed by atoms with E-state index in [2.05, 4.69) is 20.9 Å². The fourth-order valence-corrected chi connectivity index (χ4v) is 2.39. The molecule has 1 aromatic heterocycles. The lowest BCUT2D eigenvalue weighted by atomic mass is 10.1. The highest BCUT2D eigenvalue weighted by atomic mass is 79.9. The molecule has 0 unspecified atom stereocenters. The third-order valence-corrected chi connectivity index (χ3v) is 3.45. The van der Waals surface area contributed by atoms with Gasteiger partial charge < -0.3 is 10.5 Å². The van der Waals surface area contributed by atoms with E-state index in [1.54, 1.807) is 16.8 Å². The fourth-order valence-electron chi connectivity index (χ4n) is 1.47. The third kappa shape index (κ3) is 3.28. The number of ether oxygens (including phenoxy) is 1. The lowest BCUT2D eigenvalue weighted by Gasteiger charge is -2.13. The number of halogens is 1. The molecule has 2 N–H and O–H groups in total. The molecule has 5 heteroatoms. The van der Waals surface area contributed by atoms with Crippen LogP contribution in [0.25, 0.3) is 0 Å². The minimum Gasteiger partial charge on any atom is -0.487 e. The van der Waals surface area contributed by atoms with Gasteiger partial charge in [-0.05, 0) is 25.1 Å². The summed E-state index contributed by atoms with van der Waals surface area (Å²) in [4.78, 5) is 4.18. The largest absolute Gasteiger partial charge is 0.487 e. The molecule has 0 radical (unpaired) electrons. The second-order valence-corrected chi connectivity index (χ2v) is 5.37. The molecular weight excluding hydrogens is 300 g/mol. The summed E-state index contributed by atoms with van der Waals surface area (Å²) in [6.45, 7) is 2.42. The molecule has 0 aliphatic heterocycles. The Hall–Kier alpha value is -0.910. The Morgan fingerprint density at radius 3 is 3.00 bits per heavy atom. The number of thiazole rings is 1. The molecule has 1 atom stereocenters. The zero-order chi connectivity index (χ0) is 12.3. The van der Waals surface area contributed by atoms with Crippen LogP contribution in [0, 0.1) is 0 Å². The first-order valence-corrected chi connectivity index (χ1v) is 6.95. The van der Waals surface area contributed by atoms with E-state index in [-0.39, 0.29) is 6.04 Å². The van der Waals surface area contributed by atoms with Gasteiger partial charge in [0.1, 0.15) is 12.4 Å². The molecule has 2 aromatic rings. The smallest absolute Gasteiger partial charge is 0.131 e. The molecule has 0 saturated heterocycles. The van der Waals surface area contributed by atoms with Crippen molar-refractivity contribution < 1.29 is 4.74 Å². The van der Waals surface area contributed by atoms with Gasteiger partial charge in [-0.25, -0.2) is 4.98 Å². The molecule has 0 aliphatic carbocycles. The van der Waals surface area contributed by atoms with Crippen LogP contribution in [-0.2, 0) is 6.61 Å². The van der Waals surface area contributed by atoms with Gasteiger partial charge in [-0.2, -0.15) is 0 Å². The van der Waals surface area contributed by atoms with Gasteiger partial charge in [0.2, 0.25) is 0 Å². The van der Waals surface area contributed by atoms with Gasteiger partial charge in [-0.1, -0.05) is 15.9 Å². The van der Waals surface area contributed by atoms with Crippen molar-refractivity contribution in [3.63, 3.8) is 0 Å². The first-order chi connectivity index (χ1) is 8.16. The minimum atomic E-state index is -0.0575. The molecule has 17 heavy (non-hydrogen) atoms. The zero-order valence-electron chi connectivity index (χ0n) is 9.39. The van der Waals surface area contributed by atoms with Gasteiger partial charge in [-0.3, -0.25) is 0 Å². The number of nitrogens with zero attached hydrogens (tertiary/aromatic N) is 1. The molecule has 2 rings (SSSR count). The second kappa shape index (κ2) is 5.62. The maximum atomic E-state index is 5.92. The van der Waals surface area contributed by atoms with E-state index in [0.29, 0.717) is 6.61 Å². The molecule has 0 bridgehead atoms. The van der Waals surface area contributed by atoms with Gasteiger partial charge in [0, 0.05) is 21.5 Å². The summed E-state index contributed by atoms with van der Waals surface area (Å²) in [7, 11) is 0. The van der Waals surface area contributed by atoms with Crippen molar-refractivity contribution >= 4 is 27.3 Å². The highest BCUT2D eigenvalue weighted by molar-refractivity contribution is 9.10. The maximum absolute atomic E-state index is 5.92. The molecule has 0 aliphatic rings. The van der Waals surface area contributed by atoms with Crippen LogP contribution in [0.2, 0.25) is 0 Å². The number of benzene rings is 1. The molecule has 1 heterocycles. The van der Waals surface area contributed by atoms with Crippen molar-refractivity contribution in [1.82, 2.24) is 4.98 Å². The zero-order valence-corrected chi connectivity index (χ0v) is 11.8. The predicted molar refractivity (Wildman–Crippen MR) is 73.2 cm³/mol. The lowest BCUT2D eigenvalue weighted by Crippen LogP contribution is -2.08. The van der Waals surface area contributed by atoms with E-state index in [1.807, 2.05) is 30.5 Å². The predicted octanol–water partition coefficient (Wildman–Crippen LogP) is 3.50. The summed E-state index contributed by atoms with van der Waals surface area (Å²) in [5.74, 6) is 0.816. The minimum absolute atomic E-state index is 0.0575. The SMILES string of the molecule is C[C@H](N)c1cc(Br)ccc1OCc1cscn1. The molecule has 0 saturated carbocycles. The van der Waals surface area contributed by atoms with Crippen LogP contribution in [0.5, 0.6) is 5.75 Å². The number of hydrogen-bond donors (Lipinski definition) is 1. The maximum Gasteiger partial charge on any atom is 0.131 e. The summed E-state index contributed by atoms with van der Waals surface area (Å²) < 4.78 is 6.75. The standard InChI is InChI=1S/C12H13BrN2OS/c1-8(14)11-4-9(13)2-3-12(11)16-5-10-6-17-7-15-10/h2-4,6-8H,5,14H2,1H3/t8-/m0/s1. The number of aromatic nitrogens is 1. The van der Waals surface area contributed by atoms with Gasteiger partial charge in [0.15, 0.2) is 0 Å². The van der Waals surface area contributed by atoms with Crippen molar-refractivity contribution in [2.75, 3.05) is 0 Å². The Kier molecular flexibility index (Phi) is 4.15. The summed E-state index contributed by atoms with van der Waals surface area (Å²) in [6, 6.07) is 5.80. The Morgan fingerprint density at radius 1 is 1.53 bits per heavy atom. The lowest BCUT2D eigenvalue weighted by molar-refractivity contribution is 0.297. The van der Waals surface area contributed by atoms with Crippen LogP contribution >= 0.6 is 27.3 Å². The van der Waals surface area contributed by atoms with Gasteiger partial charge in [-0.15, -0.1) is 11.3 Å². The molecule has 3 nitrogen and oxygen atoms in total. The van der Waals surface area contributed by atoms with Crippen LogP contribution < -0.4 is 10.5 Å². The van der Waals surface area contributed by atoms with Crippen molar-refractivity contribution in [2.24, 2.45) is 5.73 Å². The van der Waals surface area contributed by atoms with E-state index in [1.165, 1.54) is 0 Å². The monoisotopic (exact) mass is 312 g/mol. The van der Waals surface area contributed by atoms with Crippen molar-refractivity contribution in [3.8, 4) is 5.75 Å². The molecule has 90 valence electrons.